The fourth-order valence-electron chi connectivity index (χ4n) is 1.04. The zero-order valence-corrected chi connectivity index (χ0v) is 10.5. The number of halogens is 1. The molecule has 0 saturated carbocycles. The third-order valence-corrected chi connectivity index (χ3v) is 2.91. The molecular formula is C10H14BrNOS. The zero-order chi connectivity index (χ0) is 10.4. The van der Waals surface area contributed by atoms with Crippen LogP contribution in [0, 0.1) is 0 Å². The molecule has 14 heavy (non-hydrogen) atoms. The summed E-state index contributed by atoms with van der Waals surface area (Å²) in [5.74, 6) is 1.89. The summed E-state index contributed by atoms with van der Waals surface area (Å²) in [7, 11) is 0. The van der Waals surface area contributed by atoms with Crippen LogP contribution in [0.2, 0.25) is 0 Å². The first-order valence-electron chi connectivity index (χ1n) is 4.41. The molecule has 0 heterocycles. The van der Waals surface area contributed by atoms with Crippen molar-refractivity contribution in [2.45, 2.75) is 6.42 Å². The van der Waals surface area contributed by atoms with Gasteiger partial charge in [0, 0.05) is 4.47 Å². The fourth-order valence-corrected chi connectivity index (χ4v) is 1.82. The van der Waals surface area contributed by atoms with Gasteiger partial charge < -0.3 is 10.5 Å². The summed E-state index contributed by atoms with van der Waals surface area (Å²) < 4.78 is 6.51. The van der Waals surface area contributed by atoms with E-state index in [1.807, 2.05) is 30.0 Å². The first kappa shape index (κ1) is 11.7. The topological polar surface area (TPSA) is 35.2 Å². The normalized spacial score (nSPS) is 10.1. The quantitative estimate of drug-likeness (QED) is 0.662. The lowest BCUT2D eigenvalue weighted by molar-refractivity contribution is 0.320. The molecule has 0 bridgehead atoms. The third-order valence-electron chi connectivity index (χ3n) is 1.72. The fraction of sp³-hybridized carbons (Fsp3) is 0.400. The molecule has 78 valence electrons. The lowest BCUT2D eigenvalue weighted by atomic mass is 10.3. The minimum absolute atomic E-state index is 0.684. The highest BCUT2D eigenvalue weighted by Crippen LogP contribution is 2.25. The van der Waals surface area contributed by atoms with E-state index in [1.165, 1.54) is 0 Å². The second-order valence-corrected chi connectivity index (χ2v) is 4.78. The van der Waals surface area contributed by atoms with E-state index in [9.17, 15) is 0 Å². The molecule has 0 aliphatic heterocycles. The molecule has 0 aliphatic carbocycles. The van der Waals surface area contributed by atoms with Gasteiger partial charge in [-0.25, -0.2) is 0 Å². The van der Waals surface area contributed by atoms with Gasteiger partial charge in [-0.2, -0.15) is 11.8 Å². The van der Waals surface area contributed by atoms with Crippen molar-refractivity contribution >= 4 is 33.4 Å². The van der Waals surface area contributed by atoms with Crippen molar-refractivity contribution in [3.05, 3.63) is 22.7 Å². The van der Waals surface area contributed by atoms with Crippen LogP contribution in [-0.4, -0.2) is 18.6 Å². The number of anilines is 1. The van der Waals surface area contributed by atoms with Crippen LogP contribution in [-0.2, 0) is 0 Å². The van der Waals surface area contributed by atoms with E-state index in [4.69, 9.17) is 10.5 Å². The summed E-state index contributed by atoms with van der Waals surface area (Å²) in [6.07, 6.45) is 3.14. The molecule has 1 rings (SSSR count). The summed E-state index contributed by atoms with van der Waals surface area (Å²) in [6.45, 7) is 0.729. The monoisotopic (exact) mass is 275 g/mol. The van der Waals surface area contributed by atoms with E-state index in [2.05, 4.69) is 22.2 Å². The van der Waals surface area contributed by atoms with Crippen LogP contribution >= 0.6 is 27.7 Å². The molecular weight excluding hydrogens is 262 g/mol. The van der Waals surface area contributed by atoms with Crippen molar-refractivity contribution in [1.82, 2.24) is 0 Å². The molecule has 1 aromatic carbocycles. The van der Waals surface area contributed by atoms with Crippen LogP contribution in [0.5, 0.6) is 5.75 Å². The van der Waals surface area contributed by atoms with Crippen molar-refractivity contribution in [2.24, 2.45) is 0 Å². The van der Waals surface area contributed by atoms with E-state index in [0.717, 1.165) is 29.0 Å². The van der Waals surface area contributed by atoms with E-state index in [0.29, 0.717) is 5.69 Å². The second kappa shape index (κ2) is 6.19. The lowest BCUT2D eigenvalue weighted by Crippen LogP contribution is -2.01. The Morgan fingerprint density at radius 2 is 2.29 bits per heavy atom. The van der Waals surface area contributed by atoms with Crippen LogP contribution in [0.15, 0.2) is 22.7 Å². The highest BCUT2D eigenvalue weighted by molar-refractivity contribution is 9.10. The minimum Gasteiger partial charge on any atom is -0.491 e. The summed E-state index contributed by atoms with van der Waals surface area (Å²) >= 11 is 5.18. The maximum Gasteiger partial charge on any atom is 0.142 e. The van der Waals surface area contributed by atoms with Gasteiger partial charge in [0.05, 0.1) is 12.3 Å². The first-order valence-corrected chi connectivity index (χ1v) is 6.59. The average Bonchev–Trinajstić information content (AvgIpc) is 2.15. The lowest BCUT2D eigenvalue weighted by Gasteiger charge is -2.08. The Kier molecular flexibility index (Phi) is 5.19. The van der Waals surface area contributed by atoms with Crippen LogP contribution in [0.1, 0.15) is 6.42 Å². The number of nitrogen functional groups attached to an aromatic ring is 1. The van der Waals surface area contributed by atoms with Crippen LogP contribution in [0.3, 0.4) is 0 Å². The van der Waals surface area contributed by atoms with E-state index >= 15 is 0 Å². The molecule has 2 nitrogen and oxygen atoms in total. The highest BCUT2D eigenvalue weighted by atomic mass is 79.9. The van der Waals surface area contributed by atoms with Gasteiger partial charge in [-0.1, -0.05) is 15.9 Å². The van der Waals surface area contributed by atoms with E-state index in [1.54, 1.807) is 0 Å². The maximum atomic E-state index is 5.78. The number of nitrogens with two attached hydrogens (primary N) is 1. The summed E-state index contributed by atoms with van der Waals surface area (Å²) in [4.78, 5) is 0. The van der Waals surface area contributed by atoms with Gasteiger partial charge in [0.25, 0.3) is 0 Å². The zero-order valence-electron chi connectivity index (χ0n) is 8.13. The maximum absolute atomic E-state index is 5.78. The van der Waals surface area contributed by atoms with Crippen molar-refractivity contribution in [3.63, 3.8) is 0 Å². The van der Waals surface area contributed by atoms with Crippen LogP contribution in [0.25, 0.3) is 0 Å². The smallest absolute Gasteiger partial charge is 0.142 e. The summed E-state index contributed by atoms with van der Waals surface area (Å²) in [5.41, 5.74) is 6.46. The molecule has 2 N–H and O–H groups in total. The third kappa shape index (κ3) is 3.80. The number of hydrogen-bond acceptors (Lipinski definition) is 3. The molecule has 0 aromatic heterocycles. The Labute approximate surface area is 97.3 Å². The highest BCUT2D eigenvalue weighted by Gasteiger charge is 1.99. The van der Waals surface area contributed by atoms with E-state index in [-0.39, 0.29) is 0 Å². The Balaban J connectivity index is 2.42. The first-order chi connectivity index (χ1) is 6.74. The summed E-state index contributed by atoms with van der Waals surface area (Å²) in [6, 6.07) is 5.67. The van der Waals surface area contributed by atoms with Crippen LogP contribution < -0.4 is 10.5 Å². The van der Waals surface area contributed by atoms with Crippen molar-refractivity contribution in [3.8, 4) is 5.75 Å². The SMILES string of the molecule is CSCCCOc1ccc(Br)cc1N. The summed E-state index contributed by atoms with van der Waals surface area (Å²) in [5, 5.41) is 0. The van der Waals surface area contributed by atoms with E-state index < -0.39 is 0 Å². The number of ether oxygens (including phenoxy) is 1. The number of rotatable bonds is 5. The molecule has 0 atom stereocenters. The molecule has 0 unspecified atom stereocenters. The van der Waals surface area contributed by atoms with Gasteiger partial charge in [-0.3, -0.25) is 0 Å². The molecule has 0 amide bonds. The van der Waals surface area contributed by atoms with Crippen molar-refractivity contribution < 1.29 is 4.74 Å². The minimum atomic E-state index is 0.684. The molecule has 4 heteroatoms. The second-order valence-electron chi connectivity index (χ2n) is 2.88. The molecule has 0 spiro atoms. The van der Waals surface area contributed by atoms with Gasteiger partial charge >= 0.3 is 0 Å². The molecule has 0 aliphatic rings. The molecule has 0 saturated heterocycles. The van der Waals surface area contributed by atoms with Gasteiger partial charge in [-0.15, -0.1) is 0 Å². The molecule has 0 radical (unpaired) electrons. The van der Waals surface area contributed by atoms with Crippen LogP contribution in [0.4, 0.5) is 5.69 Å². The van der Waals surface area contributed by atoms with Crippen molar-refractivity contribution in [1.29, 1.82) is 0 Å². The Morgan fingerprint density at radius 3 is 2.93 bits per heavy atom. The Morgan fingerprint density at radius 1 is 1.50 bits per heavy atom. The number of hydrogen-bond donors (Lipinski definition) is 1. The van der Waals surface area contributed by atoms with Gasteiger partial charge in [0.1, 0.15) is 5.75 Å². The number of thioether (sulfide) groups is 1. The Hall–Kier alpha value is -0.350. The Bertz CT molecular complexity index is 293. The molecule has 0 fully saturated rings. The van der Waals surface area contributed by atoms with Gasteiger partial charge in [0.2, 0.25) is 0 Å². The molecule has 1 aromatic rings. The standard InChI is InChI=1S/C10H14BrNOS/c1-14-6-2-5-13-10-4-3-8(11)7-9(10)12/h3-4,7H,2,5-6,12H2,1H3. The largest absolute Gasteiger partial charge is 0.491 e. The van der Waals surface area contributed by atoms with Gasteiger partial charge in [0.15, 0.2) is 0 Å². The van der Waals surface area contributed by atoms with Gasteiger partial charge in [-0.05, 0) is 36.6 Å². The average molecular weight is 276 g/mol. The number of benzene rings is 1. The predicted octanol–water partition coefficient (Wildman–Crippen LogP) is 3.16. The van der Waals surface area contributed by atoms with Crippen molar-refractivity contribution in [2.75, 3.05) is 24.3 Å². The predicted molar refractivity (Wildman–Crippen MR) is 67.0 cm³/mol.